The number of anilines is 1. The minimum absolute atomic E-state index is 0.0706. The maximum absolute atomic E-state index is 13.4. The lowest BCUT2D eigenvalue weighted by atomic mass is 10.1. The summed E-state index contributed by atoms with van der Waals surface area (Å²) >= 11 is 0. The molecule has 0 aliphatic carbocycles. The first kappa shape index (κ1) is 20.6. The van der Waals surface area contributed by atoms with Crippen LogP contribution in [0.1, 0.15) is 35.6 Å². The van der Waals surface area contributed by atoms with E-state index >= 15 is 0 Å². The van der Waals surface area contributed by atoms with E-state index in [0.29, 0.717) is 17.9 Å². The summed E-state index contributed by atoms with van der Waals surface area (Å²) in [7, 11) is 0. The Balaban J connectivity index is 2.31. The van der Waals surface area contributed by atoms with Crippen molar-refractivity contribution in [1.29, 1.82) is 0 Å². The van der Waals surface area contributed by atoms with Crippen molar-refractivity contribution in [2.45, 2.75) is 39.4 Å². The molecule has 2 aromatic rings. The smallest absolute Gasteiger partial charge is 0.461 e. The molecule has 1 N–H and O–H groups in total. The van der Waals surface area contributed by atoms with E-state index in [9.17, 15) is 26.7 Å². The Morgan fingerprint density at radius 1 is 1.22 bits per heavy atom. The fourth-order valence-corrected chi connectivity index (χ4v) is 2.23. The number of hydrogen-bond donors (Lipinski definition) is 1. The largest absolute Gasteiger partial charge is 0.494 e. The van der Waals surface area contributed by atoms with Gasteiger partial charge in [0.05, 0.1) is 6.61 Å². The standard InChI is InChI=1S/C16H17F5N4O2/c1-4-25-14(23-13(24-25)15(17,18)16(19,20)21)22-12(26)11-7-6-10(27-5-2)8-9(11)3/h6-8H,4-5H2,1-3H3,(H,22,23,24,26). The highest BCUT2D eigenvalue weighted by Gasteiger charge is 2.62. The summed E-state index contributed by atoms with van der Waals surface area (Å²) in [4.78, 5) is 15.6. The second kappa shape index (κ2) is 7.49. The number of carbonyl (C=O) groups excluding carboxylic acids is 1. The molecule has 0 fully saturated rings. The molecule has 2 rings (SSSR count). The summed E-state index contributed by atoms with van der Waals surface area (Å²) in [6.07, 6.45) is -5.85. The summed E-state index contributed by atoms with van der Waals surface area (Å²) in [5, 5.41) is 5.40. The molecule has 1 aromatic heterocycles. The lowest BCUT2D eigenvalue weighted by Crippen LogP contribution is -2.35. The van der Waals surface area contributed by atoms with Crippen molar-refractivity contribution in [2.75, 3.05) is 11.9 Å². The highest BCUT2D eigenvalue weighted by atomic mass is 19.4. The quantitative estimate of drug-likeness (QED) is 0.757. The SMILES string of the molecule is CCOc1ccc(C(=O)Nc2nc(C(F)(F)C(F)(F)F)nn2CC)c(C)c1. The van der Waals surface area contributed by atoms with Crippen molar-refractivity contribution in [3.05, 3.63) is 35.2 Å². The van der Waals surface area contributed by atoms with Crippen LogP contribution in [0.25, 0.3) is 0 Å². The number of alkyl halides is 5. The van der Waals surface area contributed by atoms with Crippen molar-refractivity contribution in [3.63, 3.8) is 0 Å². The average molecular weight is 392 g/mol. The van der Waals surface area contributed by atoms with Gasteiger partial charge in [-0.2, -0.15) is 26.9 Å². The van der Waals surface area contributed by atoms with Crippen LogP contribution in [0.2, 0.25) is 0 Å². The fraction of sp³-hybridized carbons (Fsp3) is 0.438. The molecule has 0 aliphatic rings. The molecule has 0 saturated heterocycles. The van der Waals surface area contributed by atoms with Crippen LogP contribution in [0.4, 0.5) is 27.9 Å². The molecule has 1 amide bonds. The number of ether oxygens (including phenoxy) is 1. The van der Waals surface area contributed by atoms with Crippen LogP contribution in [-0.4, -0.2) is 33.5 Å². The van der Waals surface area contributed by atoms with Gasteiger partial charge in [0.1, 0.15) is 5.75 Å². The van der Waals surface area contributed by atoms with Gasteiger partial charge in [-0.05, 0) is 44.5 Å². The summed E-state index contributed by atoms with van der Waals surface area (Å²) in [5.41, 5.74) is 0.718. The van der Waals surface area contributed by atoms with Gasteiger partial charge in [-0.3, -0.25) is 10.1 Å². The van der Waals surface area contributed by atoms with Gasteiger partial charge in [0, 0.05) is 12.1 Å². The molecule has 0 atom stereocenters. The van der Waals surface area contributed by atoms with Gasteiger partial charge in [-0.15, -0.1) is 5.10 Å². The van der Waals surface area contributed by atoms with Gasteiger partial charge in [-0.1, -0.05) is 0 Å². The van der Waals surface area contributed by atoms with Crippen LogP contribution in [0.5, 0.6) is 5.75 Å². The minimum atomic E-state index is -5.85. The Labute approximate surface area is 151 Å². The van der Waals surface area contributed by atoms with Crippen molar-refractivity contribution in [2.24, 2.45) is 0 Å². The molecule has 0 aliphatic heterocycles. The van der Waals surface area contributed by atoms with Gasteiger partial charge in [0.2, 0.25) is 11.8 Å². The highest BCUT2D eigenvalue weighted by molar-refractivity contribution is 6.04. The van der Waals surface area contributed by atoms with Gasteiger partial charge >= 0.3 is 12.1 Å². The topological polar surface area (TPSA) is 69.0 Å². The Kier molecular flexibility index (Phi) is 5.71. The van der Waals surface area contributed by atoms with Crippen LogP contribution < -0.4 is 10.1 Å². The maximum atomic E-state index is 13.4. The first-order valence-corrected chi connectivity index (χ1v) is 7.95. The minimum Gasteiger partial charge on any atom is -0.494 e. The average Bonchev–Trinajstić information content (AvgIpc) is 2.97. The molecular formula is C16H17F5N4O2. The summed E-state index contributed by atoms with van der Waals surface area (Å²) in [5.74, 6) is -7.65. The first-order chi connectivity index (χ1) is 12.5. The van der Waals surface area contributed by atoms with Crippen LogP contribution in [0, 0.1) is 6.92 Å². The number of benzene rings is 1. The number of halogens is 5. The summed E-state index contributed by atoms with van der Waals surface area (Å²) in [6, 6.07) is 4.60. The molecule has 0 saturated carbocycles. The second-order valence-electron chi connectivity index (χ2n) is 5.51. The Morgan fingerprint density at radius 3 is 2.41 bits per heavy atom. The van der Waals surface area contributed by atoms with Crippen LogP contribution in [-0.2, 0) is 12.5 Å². The third kappa shape index (κ3) is 4.17. The molecule has 0 radical (unpaired) electrons. The number of nitrogens with one attached hydrogen (secondary N) is 1. The van der Waals surface area contributed by atoms with Gasteiger partial charge in [0.25, 0.3) is 5.91 Å². The third-order valence-corrected chi connectivity index (χ3v) is 3.59. The van der Waals surface area contributed by atoms with Gasteiger partial charge in [-0.25, -0.2) is 4.68 Å². The normalized spacial score (nSPS) is 12.1. The summed E-state index contributed by atoms with van der Waals surface area (Å²) < 4.78 is 70.5. The molecule has 1 heterocycles. The lowest BCUT2D eigenvalue weighted by molar-refractivity contribution is -0.292. The zero-order chi connectivity index (χ0) is 20.4. The predicted molar refractivity (Wildman–Crippen MR) is 85.9 cm³/mol. The van der Waals surface area contributed by atoms with E-state index in [0.717, 1.165) is 4.68 Å². The maximum Gasteiger partial charge on any atom is 0.461 e. The van der Waals surface area contributed by atoms with E-state index in [-0.39, 0.29) is 12.1 Å². The van der Waals surface area contributed by atoms with Crippen LogP contribution in [0.3, 0.4) is 0 Å². The number of aryl methyl sites for hydroxylation is 2. The second-order valence-corrected chi connectivity index (χ2v) is 5.51. The van der Waals surface area contributed by atoms with Crippen LogP contribution in [0.15, 0.2) is 18.2 Å². The molecule has 0 bridgehead atoms. The van der Waals surface area contributed by atoms with Crippen molar-refractivity contribution < 1.29 is 31.5 Å². The molecule has 148 valence electrons. The molecule has 11 heteroatoms. The number of nitrogens with zero attached hydrogens (tertiary/aromatic N) is 3. The molecular weight excluding hydrogens is 375 g/mol. The van der Waals surface area contributed by atoms with Crippen molar-refractivity contribution in [1.82, 2.24) is 14.8 Å². The number of amides is 1. The first-order valence-electron chi connectivity index (χ1n) is 7.95. The fourth-order valence-electron chi connectivity index (χ4n) is 2.23. The monoisotopic (exact) mass is 392 g/mol. The van der Waals surface area contributed by atoms with Crippen molar-refractivity contribution in [3.8, 4) is 5.75 Å². The summed E-state index contributed by atoms with van der Waals surface area (Å²) in [6.45, 7) is 5.24. The van der Waals surface area contributed by atoms with E-state index in [1.807, 2.05) is 0 Å². The number of hydrogen-bond acceptors (Lipinski definition) is 4. The Hall–Kier alpha value is -2.72. The number of carbonyl (C=O) groups is 1. The zero-order valence-corrected chi connectivity index (χ0v) is 14.7. The lowest BCUT2D eigenvalue weighted by Gasteiger charge is -2.15. The van der Waals surface area contributed by atoms with Crippen LogP contribution >= 0.6 is 0 Å². The molecule has 0 unspecified atom stereocenters. The Morgan fingerprint density at radius 2 is 1.89 bits per heavy atom. The van der Waals surface area contributed by atoms with Crippen molar-refractivity contribution >= 4 is 11.9 Å². The number of aromatic nitrogens is 3. The third-order valence-electron chi connectivity index (χ3n) is 3.59. The highest BCUT2D eigenvalue weighted by Crippen LogP contribution is 2.42. The molecule has 6 nitrogen and oxygen atoms in total. The van der Waals surface area contributed by atoms with E-state index < -0.39 is 29.8 Å². The molecule has 27 heavy (non-hydrogen) atoms. The van der Waals surface area contributed by atoms with E-state index in [1.54, 1.807) is 26.0 Å². The Bertz CT molecular complexity index is 833. The van der Waals surface area contributed by atoms with E-state index in [4.69, 9.17) is 4.74 Å². The van der Waals surface area contributed by atoms with E-state index in [1.165, 1.54) is 13.0 Å². The number of rotatable bonds is 6. The predicted octanol–water partition coefficient (Wildman–Crippen LogP) is 3.91. The molecule has 0 spiro atoms. The molecule has 1 aromatic carbocycles. The van der Waals surface area contributed by atoms with Gasteiger partial charge < -0.3 is 4.74 Å². The van der Waals surface area contributed by atoms with Gasteiger partial charge in [0.15, 0.2) is 0 Å². The van der Waals surface area contributed by atoms with E-state index in [2.05, 4.69) is 15.4 Å². The zero-order valence-electron chi connectivity index (χ0n) is 14.7.